The molecule has 1 unspecified atom stereocenters. The maximum absolute atomic E-state index is 5.41. The van der Waals surface area contributed by atoms with Crippen molar-refractivity contribution in [2.75, 3.05) is 54.5 Å². The molecule has 26 heavy (non-hydrogen) atoms. The lowest BCUT2D eigenvalue weighted by atomic mass is 10.1. The summed E-state index contributed by atoms with van der Waals surface area (Å²) in [5.41, 5.74) is 0. The molecule has 4 heterocycles. The highest BCUT2D eigenvalue weighted by Gasteiger charge is 2.23. The van der Waals surface area contributed by atoms with E-state index in [-0.39, 0.29) is 0 Å². The van der Waals surface area contributed by atoms with E-state index in [2.05, 4.69) is 41.0 Å². The van der Waals surface area contributed by atoms with Crippen LogP contribution in [0.5, 0.6) is 0 Å². The Kier molecular flexibility index (Phi) is 5.50. The Bertz CT molecular complexity index is 739. The van der Waals surface area contributed by atoms with Crippen molar-refractivity contribution in [3.05, 3.63) is 35.1 Å². The summed E-state index contributed by atoms with van der Waals surface area (Å²) >= 11 is 3.61. The molecule has 0 aliphatic carbocycles. The van der Waals surface area contributed by atoms with Crippen LogP contribution >= 0.6 is 15.9 Å². The van der Waals surface area contributed by atoms with Crippen LogP contribution in [-0.4, -0.2) is 60.4 Å². The number of rotatable bonds is 4. The van der Waals surface area contributed by atoms with Crippen molar-refractivity contribution < 1.29 is 4.74 Å². The third-order valence-electron chi connectivity index (χ3n) is 4.75. The summed E-state index contributed by atoms with van der Waals surface area (Å²) in [5, 5.41) is 3.59. The van der Waals surface area contributed by atoms with E-state index in [0.717, 1.165) is 74.3 Å². The Morgan fingerprint density at radius 3 is 2.81 bits per heavy atom. The maximum atomic E-state index is 5.41. The molecule has 138 valence electrons. The number of piperidine rings is 1. The number of nitrogens with one attached hydrogen (secondary N) is 1. The molecule has 2 saturated heterocycles. The molecule has 0 bridgehead atoms. The topological polar surface area (TPSA) is 66.4 Å². The van der Waals surface area contributed by atoms with Gasteiger partial charge < -0.3 is 19.9 Å². The normalized spacial score (nSPS) is 20.9. The van der Waals surface area contributed by atoms with Crippen LogP contribution < -0.4 is 15.1 Å². The zero-order valence-corrected chi connectivity index (χ0v) is 16.2. The van der Waals surface area contributed by atoms with Crippen LogP contribution in [0.25, 0.3) is 0 Å². The Morgan fingerprint density at radius 2 is 1.96 bits per heavy atom. The fourth-order valence-corrected chi connectivity index (χ4v) is 3.96. The van der Waals surface area contributed by atoms with Crippen molar-refractivity contribution in [3.8, 4) is 0 Å². The number of pyridine rings is 1. The van der Waals surface area contributed by atoms with E-state index in [1.807, 2.05) is 30.6 Å². The molecular formula is C18H23BrN6O. The number of nitrogens with zero attached hydrogens (tertiary/aromatic N) is 5. The highest BCUT2D eigenvalue weighted by molar-refractivity contribution is 9.10. The molecule has 1 N–H and O–H groups in total. The van der Waals surface area contributed by atoms with E-state index in [0.29, 0.717) is 6.04 Å². The van der Waals surface area contributed by atoms with E-state index in [1.54, 1.807) is 0 Å². The number of anilines is 3. The lowest BCUT2D eigenvalue weighted by Gasteiger charge is -2.34. The molecule has 2 aromatic heterocycles. The number of hydrogen-bond acceptors (Lipinski definition) is 7. The van der Waals surface area contributed by atoms with Crippen molar-refractivity contribution in [1.29, 1.82) is 0 Å². The first kappa shape index (κ1) is 17.5. The highest BCUT2D eigenvalue weighted by atomic mass is 79.9. The van der Waals surface area contributed by atoms with Gasteiger partial charge in [-0.1, -0.05) is 0 Å². The van der Waals surface area contributed by atoms with Gasteiger partial charge in [-0.15, -0.1) is 0 Å². The minimum atomic E-state index is 0.338. The molecule has 2 fully saturated rings. The van der Waals surface area contributed by atoms with Gasteiger partial charge in [-0.3, -0.25) is 0 Å². The van der Waals surface area contributed by atoms with Gasteiger partial charge >= 0.3 is 0 Å². The average Bonchev–Trinajstić information content (AvgIpc) is 2.69. The van der Waals surface area contributed by atoms with Gasteiger partial charge in [0.15, 0.2) is 0 Å². The molecule has 0 aromatic carbocycles. The maximum Gasteiger partial charge on any atom is 0.227 e. The zero-order chi connectivity index (χ0) is 17.8. The van der Waals surface area contributed by atoms with Gasteiger partial charge in [-0.25, -0.2) is 9.97 Å². The summed E-state index contributed by atoms with van der Waals surface area (Å²) in [4.78, 5) is 18.2. The SMILES string of the molecule is Brc1cccnc1N1CCCC(Nc2ccnc(N3CCOCC3)n2)C1. The van der Waals surface area contributed by atoms with Gasteiger partial charge in [-0.2, -0.15) is 4.98 Å². The van der Waals surface area contributed by atoms with E-state index < -0.39 is 0 Å². The number of ether oxygens (including phenoxy) is 1. The van der Waals surface area contributed by atoms with Crippen LogP contribution in [-0.2, 0) is 4.74 Å². The summed E-state index contributed by atoms with van der Waals surface area (Å²) in [5.74, 6) is 2.67. The summed E-state index contributed by atoms with van der Waals surface area (Å²) in [6.45, 7) is 5.08. The van der Waals surface area contributed by atoms with Crippen LogP contribution in [0.4, 0.5) is 17.6 Å². The van der Waals surface area contributed by atoms with Crippen molar-refractivity contribution >= 4 is 33.5 Å². The van der Waals surface area contributed by atoms with E-state index >= 15 is 0 Å². The molecule has 0 radical (unpaired) electrons. The van der Waals surface area contributed by atoms with Crippen LogP contribution in [0.15, 0.2) is 35.1 Å². The van der Waals surface area contributed by atoms with Gasteiger partial charge in [-0.05, 0) is 47.0 Å². The van der Waals surface area contributed by atoms with Gasteiger partial charge in [0.2, 0.25) is 5.95 Å². The summed E-state index contributed by atoms with van der Waals surface area (Å²) in [7, 11) is 0. The van der Waals surface area contributed by atoms with Gasteiger partial charge in [0, 0.05) is 44.6 Å². The van der Waals surface area contributed by atoms with Crippen LogP contribution in [0.2, 0.25) is 0 Å². The Morgan fingerprint density at radius 1 is 1.08 bits per heavy atom. The highest BCUT2D eigenvalue weighted by Crippen LogP contribution is 2.26. The minimum absolute atomic E-state index is 0.338. The monoisotopic (exact) mass is 418 g/mol. The van der Waals surface area contributed by atoms with Crippen LogP contribution in [0, 0.1) is 0 Å². The average molecular weight is 419 g/mol. The Balaban J connectivity index is 1.43. The molecule has 2 aliphatic heterocycles. The second-order valence-corrected chi connectivity index (χ2v) is 7.43. The van der Waals surface area contributed by atoms with Gasteiger partial charge in [0.05, 0.1) is 17.7 Å². The molecule has 4 rings (SSSR count). The quantitative estimate of drug-likeness (QED) is 0.817. The van der Waals surface area contributed by atoms with E-state index in [9.17, 15) is 0 Å². The fraction of sp³-hybridized carbons (Fsp3) is 0.500. The second-order valence-electron chi connectivity index (χ2n) is 6.58. The third-order valence-corrected chi connectivity index (χ3v) is 5.37. The lowest BCUT2D eigenvalue weighted by Crippen LogP contribution is -2.43. The molecule has 2 aromatic rings. The third kappa shape index (κ3) is 4.07. The molecule has 2 aliphatic rings. The molecule has 8 heteroatoms. The zero-order valence-electron chi connectivity index (χ0n) is 14.6. The van der Waals surface area contributed by atoms with E-state index in [1.165, 1.54) is 0 Å². The minimum Gasteiger partial charge on any atom is -0.378 e. The Hall–Kier alpha value is -1.93. The van der Waals surface area contributed by atoms with Crippen LogP contribution in [0.1, 0.15) is 12.8 Å². The first-order valence-corrected chi connectivity index (χ1v) is 9.86. The van der Waals surface area contributed by atoms with Gasteiger partial charge in [0.25, 0.3) is 0 Å². The number of halogens is 1. The fourth-order valence-electron chi connectivity index (χ4n) is 3.45. The standard InChI is InChI=1S/C18H23BrN6O/c19-15-4-1-6-20-17(15)25-8-2-3-14(13-25)22-16-5-7-21-18(23-16)24-9-11-26-12-10-24/h1,4-7,14H,2-3,8-13H2,(H,21,22,23). The van der Waals surface area contributed by atoms with E-state index in [4.69, 9.17) is 9.72 Å². The smallest absolute Gasteiger partial charge is 0.227 e. The molecule has 0 spiro atoms. The summed E-state index contributed by atoms with van der Waals surface area (Å²) < 4.78 is 6.45. The van der Waals surface area contributed by atoms with Crippen molar-refractivity contribution in [3.63, 3.8) is 0 Å². The summed E-state index contributed by atoms with van der Waals surface area (Å²) in [6, 6.07) is 6.27. The predicted octanol–water partition coefficient (Wildman–Crippen LogP) is 2.55. The van der Waals surface area contributed by atoms with Crippen LogP contribution in [0.3, 0.4) is 0 Å². The number of morpholine rings is 1. The molecule has 0 amide bonds. The number of hydrogen-bond donors (Lipinski definition) is 1. The first-order valence-electron chi connectivity index (χ1n) is 9.07. The number of aromatic nitrogens is 3. The lowest BCUT2D eigenvalue weighted by molar-refractivity contribution is 0.122. The molecule has 0 saturated carbocycles. The largest absolute Gasteiger partial charge is 0.378 e. The predicted molar refractivity (Wildman–Crippen MR) is 106 cm³/mol. The summed E-state index contributed by atoms with van der Waals surface area (Å²) in [6.07, 6.45) is 5.92. The first-order chi connectivity index (χ1) is 12.8. The molecule has 7 nitrogen and oxygen atoms in total. The van der Waals surface area contributed by atoms with Gasteiger partial charge in [0.1, 0.15) is 11.6 Å². The van der Waals surface area contributed by atoms with Crippen molar-refractivity contribution in [1.82, 2.24) is 15.0 Å². The second kappa shape index (κ2) is 8.18. The van der Waals surface area contributed by atoms with Crippen molar-refractivity contribution in [2.45, 2.75) is 18.9 Å². The van der Waals surface area contributed by atoms with Crippen molar-refractivity contribution in [2.24, 2.45) is 0 Å². The Labute approximate surface area is 161 Å². The molecule has 1 atom stereocenters. The molecular weight excluding hydrogens is 396 g/mol.